The highest BCUT2D eigenvalue weighted by atomic mass is 16.5. The Morgan fingerprint density at radius 3 is 2.95 bits per heavy atom. The molecule has 1 aliphatic rings. The topological polar surface area (TPSA) is 75.3 Å². The zero-order valence-corrected chi connectivity index (χ0v) is 10.2. The van der Waals surface area contributed by atoms with Gasteiger partial charge in [-0.2, -0.15) is 0 Å². The number of benzene rings is 1. The van der Waals surface area contributed by atoms with Gasteiger partial charge in [0.25, 0.3) is 5.56 Å². The highest BCUT2D eigenvalue weighted by Crippen LogP contribution is 2.30. The second-order valence-electron chi connectivity index (χ2n) is 3.93. The lowest BCUT2D eigenvalue weighted by Crippen LogP contribution is -2.26. The van der Waals surface area contributed by atoms with Gasteiger partial charge in [-0.15, -0.1) is 0 Å². The van der Waals surface area contributed by atoms with Crippen LogP contribution < -0.4 is 10.9 Å². The van der Waals surface area contributed by atoms with Crippen molar-refractivity contribution in [1.82, 2.24) is 14.9 Å². The molecule has 0 saturated carbocycles. The van der Waals surface area contributed by atoms with Crippen LogP contribution in [0.3, 0.4) is 0 Å². The highest BCUT2D eigenvalue weighted by molar-refractivity contribution is 5.89. The van der Waals surface area contributed by atoms with Gasteiger partial charge in [0.2, 0.25) is 5.95 Å². The summed E-state index contributed by atoms with van der Waals surface area (Å²) in [5.74, 6) is -0.390. The summed E-state index contributed by atoms with van der Waals surface area (Å²) in [6, 6.07) is 7.17. The molecule has 0 amide bonds. The van der Waals surface area contributed by atoms with E-state index in [0.29, 0.717) is 11.4 Å². The smallest absolute Gasteiger partial charge is 0.345 e. The molecule has 95 valence electrons. The second kappa shape index (κ2) is 4.24. The molecule has 0 atom stereocenters. The first-order valence-corrected chi connectivity index (χ1v) is 5.82. The molecule has 0 saturated heterocycles. The Morgan fingerprint density at radius 1 is 1.37 bits per heavy atom. The molecule has 0 bridgehead atoms. The van der Waals surface area contributed by atoms with Crippen molar-refractivity contribution in [2.75, 3.05) is 6.61 Å². The van der Waals surface area contributed by atoms with Gasteiger partial charge in [0.15, 0.2) is 0 Å². The van der Waals surface area contributed by atoms with Gasteiger partial charge >= 0.3 is 5.97 Å². The fraction of sp³-hybridized carbons (Fsp3) is 0.154. The van der Waals surface area contributed by atoms with Crippen LogP contribution in [0.5, 0.6) is 0 Å². The van der Waals surface area contributed by atoms with Gasteiger partial charge in [-0.1, -0.05) is 12.1 Å². The predicted molar refractivity (Wildman–Crippen MR) is 67.2 cm³/mol. The number of nitrogens with zero attached hydrogens (tertiary/aromatic N) is 3. The molecule has 1 aromatic carbocycles. The van der Waals surface area contributed by atoms with E-state index < -0.39 is 11.5 Å². The van der Waals surface area contributed by atoms with Crippen LogP contribution >= 0.6 is 0 Å². The van der Waals surface area contributed by atoms with Crippen LogP contribution in [0, 0.1) is 0 Å². The third-order valence-electron chi connectivity index (χ3n) is 2.78. The van der Waals surface area contributed by atoms with Crippen molar-refractivity contribution in [3.05, 3.63) is 46.4 Å². The van der Waals surface area contributed by atoms with Crippen molar-refractivity contribution in [3.63, 3.8) is 0 Å². The first-order chi connectivity index (χ1) is 9.22. The van der Waals surface area contributed by atoms with Gasteiger partial charge in [0.05, 0.1) is 24.2 Å². The maximum absolute atomic E-state index is 12.3. The second-order valence-corrected chi connectivity index (χ2v) is 3.93. The lowest BCUT2D eigenvalue weighted by Gasteiger charge is -2.04. The van der Waals surface area contributed by atoms with Gasteiger partial charge in [0, 0.05) is 0 Å². The maximum Gasteiger partial charge on any atom is 0.345 e. The predicted octanol–water partition coefficient (Wildman–Crippen LogP) is 1.29. The molecular weight excluding hydrogens is 246 g/mol. The van der Waals surface area contributed by atoms with Crippen molar-refractivity contribution >= 4 is 17.6 Å². The van der Waals surface area contributed by atoms with E-state index >= 15 is 0 Å². The van der Waals surface area contributed by atoms with E-state index in [1.807, 2.05) is 6.07 Å². The third kappa shape index (κ3) is 1.69. The molecule has 6 nitrogen and oxygen atoms in total. The molecule has 1 aliphatic heterocycles. The van der Waals surface area contributed by atoms with E-state index in [4.69, 9.17) is 4.74 Å². The number of fused-ring (bicyclic) bond motifs is 3. The number of ether oxygens (including phenoxy) is 1. The number of para-hydroxylation sites is 2. The Hall–Kier alpha value is -2.63. The van der Waals surface area contributed by atoms with Gasteiger partial charge in [-0.05, 0) is 19.1 Å². The van der Waals surface area contributed by atoms with Crippen molar-refractivity contribution in [2.24, 2.45) is 0 Å². The summed E-state index contributed by atoms with van der Waals surface area (Å²) < 4.78 is 6.15. The fourth-order valence-corrected chi connectivity index (χ4v) is 1.95. The van der Waals surface area contributed by atoms with E-state index in [0.717, 1.165) is 0 Å². The van der Waals surface area contributed by atoms with E-state index in [1.165, 1.54) is 10.8 Å². The number of carbonyl (C=O) groups is 1. The molecule has 19 heavy (non-hydrogen) atoms. The summed E-state index contributed by atoms with van der Waals surface area (Å²) in [4.78, 5) is 28.0. The maximum atomic E-state index is 12.3. The Balaban J connectivity index is 2.18. The fourth-order valence-electron chi connectivity index (χ4n) is 1.95. The molecule has 1 radical (unpaired) electrons. The largest absolute Gasteiger partial charge is 0.462 e. The number of hydrogen-bond donors (Lipinski definition) is 0. The number of hydrogen-bond acceptors (Lipinski definition) is 4. The van der Waals surface area contributed by atoms with Crippen LogP contribution in [-0.2, 0) is 4.74 Å². The van der Waals surface area contributed by atoms with Crippen molar-refractivity contribution in [1.29, 1.82) is 0 Å². The highest BCUT2D eigenvalue weighted by Gasteiger charge is 2.25. The van der Waals surface area contributed by atoms with E-state index in [1.54, 1.807) is 25.1 Å². The molecule has 0 fully saturated rings. The Bertz CT molecular complexity index is 721. The SMILES string of the molecule is CCOC(=O)c1cnc2n(c1=O)-c1ccccc1[N]2. The van der Waals surface area contributed by atoms with E-state index in [-0.39, 0.29) is 18.1 Å². The van der Waals surface area contributed by atoms with Crippen molar-refractivity contribution in [3.8, 4) is 5.69 Å². The molecule has 0 N–H and O–H groups in total. The monoisotopic (exact) mass is 256 g/mol. The Morgan fingerprint density at radius 2 is 2.16 bits per heavy atom. The summed E-state index contributed by atoms with van der Waals surface area (Å²) in [7, 11) is 0. The molecule has 0 aliphatic carbocycles. The molecule has 2 heterocycles. The molecule has 0 unspecified atom stereocenters. The number of carbonyl (C=O) groups excluding carboxylic acids is 1. The normalized spacial score (nSPS) is 11.4. The number of rotatable bonds is 2. The summed E-state index contributed by atoms with van der Waals surface area (Å²) in [5.41, 5.74) is 0.740. The summed E-state index contributed by atoms with van der Waals surface area (Å²) >= 11 is 0. The number of esters is 1. The van der Waals surface area contributed by atoms with Gasteiger partial charge in [0.1, 0.15) is 5.56 Å². The Labute approximate surface area is 108 Å². The summed E-state index contributed by atoms with van der Waals surface area (Å²) in [6.07, 6.45) is 1.21. The molecule has 0 spiro atoms. The average molecular weight is 256 g/mol. The van der Waals surface area contributed by atoms with E-state index in [2.05, 4.69) is 10.3 Å². The zero-order valence-electron chi connectivity index (χ0n) is 10.2. The first-order valence-electron chi connectivity index (χ1n) is 5.82. The first kappa shape index (κ1) is 11.5. The Kier molecular flexibility index (Phi) is 2.56. The summed E-state index contributed by atoms with van der Waals surface area (Å²) in [6.45, 7) is 1.89. The standard InChI is InChI=1S/C13H10N3O3/c1-2-19-12(18)8-7-14-13-15-9-5-3-4-6-10(9)16(13)11(8)17/h3-7H,2H2,1H3. The summed E-state index contributed by atoms with van der Waals surface area (Å²) in [5, 5.41) is 4.22. The lowest BCUT2D eigenvalue weighted by atomic mass is 10.2. The van der Waals surface area contributed by atoms with Crippen LogP contribution in [0.4, 0.5) is 11.6 Å². The zero-order chi connectivity index (χ0) is 13.4. The number of aromatic nitrogens is 2. The molecule has 6 heteroatoms. The van der Waals surface area contributed by atoms with Crippen LogP contribution in [-0.4, -0.2) is 22.1 Å². The van der Waals surface area contributed by atoms with Crippen LogP contribution in [0.2, 0.25) is 0 Å². The average Bonchev–Trinajstić information content (AvgIpc) is 2.78. The lowest BCUT2D eigenvalue weighted by molar-refractivity contribution is 0.0523. The third-order valence-corrected chi connectivity index (χ3v) is 2.78. The van der Waals surface area contributed by atoms with Crippen molar-refractivity contribution in [2.45, 2.75) is 6.92 Å². The molecular formula is C13H10N3O3. The molecule has 2 aromatic rings. The van der Waals surface area contributed by atoms with Crippen LogP contribution in [0.25, 0.3) is 5.69 Å². The van der Waals surface area contributed by atoms with Crippen LogP contribution in [0.15, 0.2) is 35.3 Å². The molecule has 3 rings (SSSR count). The minimum atomic E-state index is -0.667. The van der Waals surface area contributed by atoms with E-state index in [9.17, 15) is 9.59 Å². The van der Waals surface area contributed by atoms with Gasteiger partial charge in [-0.3, -0.25) is 4.79 Å². The van der Waals surface area contributed by atoms with Crippen molar-refractivity contribution < 1.29 is 9.53 Å². The van der Waals surface area contributed by atoms with Gasteiger partial charge < -0.3 is 4.74 Å². The quantitative estimate of drug-likeness (QED) is 0.647. The minimum Gasteiger partial charge on any atom is -0.462 e. The van der Waals surface area contributed by atoms with Crippen LogP contribution in [0.1, 0.15) is 17.3 Å². The van der Waals surface area contributed by atoms with Gasteiger partial charge in [-0.25, -0.2) is 19.7 Å². The molecule has 1 aromatic heterocycles. The minimum absolute atomic E-state index is 0.0856.